The Balaban J connectivity index is 1.49. The third-order valence-electron chi connectivity index (χ3n) is 5.13. The van der Waals surface area contributed by atoms with Crippen LogP contribution >= 0.6 is 11.3 Å². The minimum absolute atomic E-state index is 0.0389. The second kappa shape index (κ2) is 8.06. The number of ether oxygens (including phenoxy) is 1. The number of aromatic nitrogens is 1. The highest BCUT2D eigenvalue weighted by atomic mass is 32.1. The highest BCUT2D eigenvalue weighted by Crippen LogP contribution is 2.26. The SMILES string of the molecule is COc1ccc([C@H](CNC(=O)c2ccc3ncsc3c2)N2CCCC2)cc1. The van der Waals surface area contributed by atoms with Gasteiger partial charge in [0.2, 0.25) is 0 Å². The first kappa shape index (κ1) is 17.9. The topological polar surface area (TPSA) is 54.5 Å². The molecule has 1 fully saturated rings. The summed E-state index contributed by atoms with van der Waals surface area (Å²) in [6.45, 7) is 2.73. The molecule has 1 saturated heterocycles. The van der Waals surface area contributed by atoms with Crippen molar-refractivity contribution in [2.75, 3.05) is 26.7 Å². The van der Waals surface area contributed by atoms with Gasteiger partial charge in [-0.3, -0.25) is 9.69 Å². The third kappa shape index (κ3) is 3.96. The standard InChI is InChI=1S/C21H23N3O2S/c1-26-17-7-4-15(5-8-17)19(24-10-2-3-11-24)13-22-21(25)16-6-9-18-20(12-16)27-14-23-18/h4-9,12,14,19H,2-3,10-11,13H2,1H3,(H,22,25)/t19-/m0/s1. The van der Waals surface area contributed by atoms with E-state index in [1.165, 1.54) is 18.4 Å². The zero-order valence-corrected chi connectivity index (χ0v) is 16.2. The van der Waals surface area contributed by atoms with Gasteiger partial charge in [0.1, 0.15) is 5.75 Å². The number of thiazole rings is 1. The van der Waals surface area contributed by atoms with Gasteiger partial charge in [-0.15, -0.1) is 11.3 Å². The molecule has 0 unspecified atom stereocenters. The molecule has 0 aliphatic carbocycles. The first-order chi connectivity index (χ1) is 13.2. The van der Waals surface area contributed by atoms with E-state index >= 15 is 0 Å². The number of carbonyl (C=O) groups is 1. The second-order valence-electron chi connectivity index (χ2n) is 6.78. The molecule has 3 aromatic rings. The maximum atomic E-state index is 12.7. The summed E-state index contributed by atoms with van der Waals surface area (Å²) in [6, 6.07) is 14.0. The van der Waals surface area contributed by atoms with E-state index in [-0.39, 0.29) is 11.9 Å². The van der Waals surface area contributed by atoms with Crippen LogP contribution in [0.1, 0.15) is 34.8 Å². The lowest BCUT2D eigenvalue weighted by molar-refractivity contribution is 0.0938. The van der Waals surface area contributed by atoms with Crippen molar-refractivity contribution in [3.8, 4) is 5.75 Å². The Labute approximate surface area is 163 Å². The van der Waals surface area contributed by atoms with E-state index in [0.717, 1.165) is 29.1 Å². The van der Waals surface area contributed by atoms with Gasteiger partial charge in [-0.1, -0.05) is 12.1 Å². The summed E-state index contributed by atoms with van der Waals surface area (Å²) in [7, 11) is 1.67. The number of amides is 1. The number of fused-ring (bicyclic) bond motifs is 1. The fourth-order valence-electron chi connectivity index (χ4n) is 3.62. The Morgan fingerprint density at radius 3 is 2.74 bits per heavy atom. The Kier molecular flexibility index (Phi) is 5.36. The molecule has 0 bridgehead atoms. The molecule has 5 nitrogen and oxygen atoms in total. The number of hydrogen-bond acceptors (Lipinski definition) is 5. The maximum absolute atomic E-state index is 12.7. The highest BCUT2D eigenvalue weighted by Gasteiger charge is 2.24. The van der Waals surface area contributed by atoms with E-state index in [0.29, 0.717) is 12.1 Å². The average Bonchev–Trinajstić information content (AvgIpc) is 3.40. The Morgan fingerprint density at radius 1 is 1.22 bits per heavy atom. The molecule has 0 spiro atoms. The van der Waals surface area contributed by atoms with E-state index in [1.807, 2.05) is 30.3 Å². The quantitative estimate of drug-likeness (QED) is 0.704. The first-order valence-corrected chi connectivity index (χ1v) is 10.1. The van der Waals surface area contributed by atoms with Crippen LogP contribution in [0.2, 0.25) is 0 Å². The first-order valence-electron chi connectivity index (χ1n) is 9.24. The van der Waals surface area contributed by atoms with Gasteiger partial charge in [-0.25, -0.2) is 4.98 Å². The number of methoxy groups -OCH3 is 1. The molecule has 1 amide bonds. The molecule has 6 heteroatoms. The minimum Gasteiger partial charge on any atom is -0.497 e. The maximum Gasteiger partial charge on any atom is 0.251 e. The third-order valence-corrected chi connectivity index (χ3v) is 5.92. The van der Waals surface area contributed by atoms with Crippen LogP contribution in [0.25, 0.3) is 10.2 Å². The van der Waals surface area contributed by atoms with E-state index in [2.05, 4.69) is 27.3 Å². The van der Waals surface area contributed by atoms with Crippen molar-refractivity contribution in [2.45, 2.75) is 18.9 Å². The Bertz CT molecular complexity index is 917. The lowest BCUT2D eigenvalue weighted by Gasteiger charge is -2.28. The molecule has 1 atom stereocenters. The molecule has 2 heterocycles. The minimum atomic E-state index is -0.0389. The predicted molar refractivity (Wildman–Crippen MR) is 108 cm³/mol. The number of hydrogen-bond donors (Lipinski definition) is 1. The zero-order valence-electron chi connectivity index (χ0n) is 15.4. The van der Waals surface area contributed by atoms with Crippen LogP contribution < -0.4 is 10.1 Å². The lowest BCUT2D eigenvalue weighted by atomic mass is 10.0. The fraction of sp³-hybridized carbons (Fsp3) is 0.333. The molecule has 1 aliphatic rings. The van der Waals surface area contributed by atoms with Crippen molar-refractivity contribution in [1.82, 2.24) is 15.2 Å². The summed E-state index contributed by atoms with van der Waals surface area (Å²) < 4.78 is 6.31. The van der Waals surface area contributed by atoms with Gasteiger partial charge in [0.15, 0.2) is 0 Å². The molecular weight excluding hydrogens is 358 g/mol. The normalized spacial score (nSPS) is 15.7. The summed E-state index contributed by atoms with van der Waals surface area (Å²) in [5.74, 6) is 0.809. The number of benzene rings is 2. The molecule has 140 valence electrons. The van der Waals surface area contributed by atoms with Crippen LogP contribution in [0.15, 0.2) is 48.0 Å². The second-order valence-corrected chi connectivity index (χ2v) is 7.66. The van der Waals surface area contributed by atoms with Crippen LogP contribution in [0.3, 0.4) is 0 Å². The van der Waals surface area contributed by atoms with Crippen molar-refractivity contribution in [1.29, 1.82) is 0 Å². The number of nitrogens with zero attached hydrogens (tertiary/aromatic N) is 2. The summed E-state index contributed by atoms with van der Waals surface area (Å²) in [5.41, 5.74) is 4.63. The summed E-state index contributed by atoms with van der Waals surface area (Å²) in [6.07, 6.45) is 2.42. The van der Waals surface area contributed by atoms with E-state index in [4.69, 9.17) is 4.74 Å². The van der Waals surface area contributed by atoms with Gasteiger partial charge >= 0.3 is 0 Å². The van der Waals surface area contributed by atoms with Crippen molar-refractivity contribution in [3.63, 3.8) is 0 Å². The zero-order chi connectivity index (χ0) is 18.6. The van der Waals surface area contributed by atoms with Gasteiger partial charge in [0.25, 0.3) is 5.91 Å². The van der Waals surface area contributed by atoms with Crippen molar-refractivity contribution >= 4 is 27.5 Å². The molecule has 4 rings (SSSR count). The van der Waals surface area contributed by atoms with E-state index < -0.39 is 0 Å². The largest absolute Gasteiger partial charge is 0.497 e. The summed E-state index contributed by atoms with van der Waals surface area (Å²) >= 11 is 1.55. The monoisotopic (exact) mass is 381 g/mol. The van der Waals surface area contributed by atoms with Gasteiger partial charge in [-0.2, -0.15) is 0 Å². The van der Waals surface area contributed by atoms with Gasteiger partial charge in [-0.05, 0) is 61.8 Å². The van der Waals surface area contributed by atoms with Crippen LogP contribution in [-0.2, 0) is 0 Å². The Morgan fingerprint density at radius 2 is 2.00 bits per heavy atom. The van der Waals surface area contributed by atoms with Gasteiger partial charge in [0, 0.05) is 12.1 Å². The Hall–Kier alpha value is -2.44. The number of carbonyl (C=O) groups excluding carboxylic acids is 1. The summed E-state index contributed by atoms with van der Waals surface area (Å²) in [4.78, 5) is 19.4. The van der Waals surface area contributed by atoms with Crippen molar-refractivity contribution in [2.24, 2.45) is 0 Å². The van der Waals surface area contributed by atoms with Crippen molar-refractivity contribution < 1.29 is 9.53 Å². The van der Waals surface area contributed by atoms with Crippen molar-refractivity contribution in [3.05, 3.63) is 59.1 Å². The average molecular weight is 382 g/mol. The molecule has 2 aromatic carbocycles. The highest BCUT2D eigenvalue weighted by molar-refractivity contribution is 7.16. The molecule has 0 saturated carbocycles. The molecule has 1 aromatic heterocycles. The smallest absolute Gasteiger partial charge is 0.251 e. The fourth-order valence-corrected chi connectivity index (χ4v) is 4.34. The molecule has 27 heavy (non-hydrogen) atoms. The molecule has 0 radical (unpaired) electrons. The molecule has 1 aliphatic heterocycles. The van der Waals surface area contributed by atoms with E-state index in [1.54, 1.807) is 24.0 Å². The predicted octanol–water partition coefficient (Wildman–Crippen LogP) is 3.87. The van der Waals surface area contributed by atoms with Crippen LogP contribution in [0.5, 0.6) is 5.75 Å². The number of nitrogens with one attached hydrogen (secondary N) is 1. The van der Waals surface area contributed by atoms with Crippen LogP contribution in [-0.4, -0.2) is 42.5 Å². The lowest BCUT2D eigenvalue weighted by Crippen LogP contribution is -2.36. The number of likely N-dealkylation sites (tertiary alicyclic amines) is 1. The molecule has 1 N–H and O–H groups in total. The van der Waals surface area contributed by atoms with E-state index in [9.17, 15) is 4.79 Å². The summed E-state index contributed by atoms with van der Waals surface area (Å²) in [5, 5.41) is 3.13. The number of rotatable bonds is 6. The van der Waals surface area contributed by atoms with Gasteiger partial charge < -0.3 is 10.1 Å². The van der Waals surface area contributed by atoms with Gasteiger partial charge in [0.05, 0.1) is 28.9 Å². The molecular formula is C21H23N3O2S. The van der Waals surface area contributed by atoms with Crippen LogP contribution in [0, 0.1) is 0 Å². The van der Waals surface area contributed by atoms with Crippen LogP contribution in [0.4, 0.5) is 0 Å².